The highest BCUT2D eigenvalue weighted by Gasteiger charge is 2.73. The fourth-order valence-corrected chi connectivity index (χ4v) is 0.511. The Labute approximate surface area is 81.6 Å². The Morgan fingerprint density at radius 2 is 1.06 bits per heavy atom. The van der Waals surface area contributed by atoms with Crippen LogP contribution >= 0.6 is 0 Å². The number of hydrogen-bond acceptors (Lipinski definition) is 2. The van der Waals surface area contributed by atoms with Crippen LogP contribution in [0.4, 0.5) is 39.5 Å². The van der Waals surface area contributed by atoms with E-state index in [1.54, 1.807) is 0 Å². The van der Waals surface area contributed by atoms with E-state index in [4.69, 9.17) is 5.11 Å². The van der Waals surface area contributed by atoms with Gasteiger partial charge in [-0.25, -0.2) is 0 Å². The average Bonchev–Trinajstić information content (AvgIpc) is 1.93. The van der Waals surface area contributed by atoms with Gasteiger partial charge in [0.05, 0.1) is 0 Å². The molecule has 16 heavy (non-hydrogen) atoms. The molecule has 0 rings (SSSR count). The fraction of sp³-hybridized carbons (Fsp3) is 1.00. The molecule has 98 valence electrons. The molecule has 0 aromatic rings. The molecule has 0 aromatic carbocycles. The Kier molecular flexibility index (Phi) is 3.77. The first kappa shape index (κ1) is 15.3. The second-order valence-corrected chi connectivity index (χ2v) is 2.54. The van der Waals surface area contributed by atoms with Crippen molar-refractivity contribution in [1.82, 2.24) is 0 Å². The zero-order valence-corrected chi connectivity index (χ0v) is 6.96. The Morgan fingerprint density at radius 1 is 0.750 bits per heavy atom. The minimum absolute atomic E-state index is 2.50. The molecule has 0 saturated carbocycles. The first-order valence-electron chi connectivity index (χ1n) is 3.27. The van der Waals surface area contributed by atoms with Gasteiger partial charge in [-0.3, -0.25) is 0 Å². The highest BCUT2D eigenvalue weighted by atomic mass is 19.4. The van der Waals surface area contributed by atoms with Gasteiger partial charge in [0.1, 0.15) is 6.61 Å². The van der Waals surface area contributed by atoms with Crippen molar-refractivity contribution >= 4 is 0 Å². The summed E-state index contributed by atoms with van der Waals surface area (Å²) in [5.41, 5.74) is 0. The van der Waals surface area contributed by atoms with Crippen molar-refractivity contribution in [1.29, 1.82) is 0 Å². The third kappa shape index (κ3) is 3.40. The number of rotatable bonds is 2. The van der Waals surface area contributed by atoms with E-state index in [0.29, 0.717) is 0 Å². The van der Waals surface area contributed by atoms with E-state index in [1.807, 2.05) is 0 Å². The van der Waals surface area contributed by atoms with E-state index >= 15 is 0 Å². The number of ether oxygens (including phenoxy) is 1. The summed E-state index contributed by atoms with van der Waals surface area (Å²) < 4.78 is 107. The number of aliphatic hydroxyl groups is 1. The summed E-state index contributed by atoms with van der Waals surface area (Å²) in [5.74, 6) is -5.84. The summed E-state index contributed by atoms with van der Waals surface area (Å²) in [6.45, 7) is -2.89. The van der Waals surface area contributed by atoms with Gasteiger partial charge in [-0.2, -0.15) is 39.5 Å². The minimum atomic E-state index is -6.43. The number of halogens is 9. The zero-order valence-electron chi connectivity index (χ0n) is 6.96. The monoisotopic (exact) mass is 266 g/mol. The van der Waals surface area contributed by atoms with Gasteiger partial charge in [0.2, 0.25) is 0 Å². The van der Waals surface area contributed by atoms with Gasteiger partial charge in [0, 0.05) is 0 Å². The van der Waals surface area contributed by atoms with Gasteiger partial charge in [-0.05, 0) is 0 Å². The van der Waals surface area contributed by atoms with Crippen LogP contribution in [0.2, 0.25) is 0 Å². The Morgan fingerprint density at radius 3 is 1.25 bits per heavy atom. The molecule has 0 amide bonds. The lowest BCUT2D eigenvalue weighted by Gasteiger charge is -2.31. The first-order chi connectivity index (χ1) is 6.71. The van der Waals surface area contributed by atoms with Crippen molar-refractivity contribution in [2.75, 3.05) is 6.61 Å². The third-order valence-corrected chi connectivity index (χ3v) is 1.21. The van der Waals surface area contributed by atoms with Crippen LogP contribution in [0.25, 0.3) is 0 Å². The Bertz CT molecular complexity index is 222. The van der Waals surface area contributed by atoms with Gasteiger partial charge in [0.25, 0.3) is 0 Å². The molecule has 2 nitrogen and oxygen atoms in total. The smallest absolute Gasteiger partial charge is 0.351 e. The van der Waals surface area contributed by atoms with Crippen molar-refractivity contribution in [3.05, 3.63) is 0 Å². The highest BCUT2D eigenvalue weighted by Crippen LogP contribution is 2.44. The van der Waals surface area contributed by atoms with Crippen molar-refractivity contribution < 1.29 is 49.4 Å². The van der Waals surface area contributed by atoms with E-state index in [2.05, 4.69) is 4.74 Å². The molecule has 0 fully saturated rings. The summed E-state index contributed by atoms with van der Waals surface area (Å²) in [7, 11) is 0. The lowest BCUT2D eigenvalue weighted by atomic mass is 10.2. The maximum Gasteiger partial charge on any atom is 0.453 e. The van der Waals surface area contributed by atoms with Crippen LogP contribution in [0.15, 0.2) is 0 Å². The largest absolute Gasteiger partial charge is 0.453 e. The summed E-state index contributed by atoms with van der Waals surface area (Å²) in [6, 6.07) is 0. The lowest BCUT2D eigenvalue weighted by molar-refractivity contribution is -0.465. The minimum Gasteiger partial charge on any atom is -0.351 e. The molecule has 0 aliphatic heterocycles. The van der Waals surface area contributed by atoms with Crippen LogP contribution in [0.5, 0.6) is 0 Å². The van der Waals surface area contributed by atoms with Gasteiger partial charge >= 0.3 is 24.3 Å². The summed E-state index contributed by atoms with van der Waals surface area (Å²) in [5, 5.41) is 8.08. The first-order valence-corrected chi connectivity index (χ1v) is 3.27. The van der Waals surface area contributed by atoms with Crippen LogP contribution in [0, 0.1) is 0 Å². The van der Waals surface area contributed by atoms with Crippen molar-refractivity contribution in [3.63, 3.8) is 0 Å². The molecule has 0 saturated heterocycles. The van der Waals surface area contributed by atoms with Crippen LogP contribution in [0.3, 0.4) is 0 Å². The van der Waals surface area contributed by atoms with Crippen molar-refractivity contribution in [3.8, 4) is 0 Å². The molecule has 0 unspecified atom stereocenters. The molecule has 0 aromatic heterocycles. The molecule has 0 atom stereocenters. The van der Waals surface area contributed by atoms with E-state index in [0.717, 1.165) is 0 Å². The SMILES string of the molecule is OC(OCC(F)(F)F)(C(F)(F)F)C(F)(F)F. The van der Waals surface area contributed by atoms with E-state index in [-0.39, 0.29) is 0 Å². The quantitative estimate of drug-likeness (QED) is 0.614. The van der Waals surface area contributed by atoms with Gasteiger partial charge < -0.3 is 9.84 Å². The summed E-state index contributed by atoms with van der Waals surface area (Å²) in [6.07, 6.45) is -18.3. The molecule has 0 aliphatic rings. The third-order valence-electron chi connectivity index (χ3n) is 1.21. The van der Waals surface area contributed by atoms with Gasteiger partial charge in [0.15, 0.2) is 0 Å². The predicted molar refractivity (Wildman–Crippen MR) is 29.1 cm³/mol. The summed E-state index contributed by atoms with van der Waals surface area (Å²) >= 11 is 0. The molecule has 0 spiro atoms. The summed E-state index contributed by atoms with van der Waals surface area (Å²) in [4.78, 5) is 0. The molecule has 1 N–H and O–H groups in total. The van der Waals surface area contributed by atoms with Crippen LogP contribution in [0.1, 0.15) is 0 Å². The molecule has 11 heteroatoms. The van der Waals surface area contributed by atoms with Crippen LogP contribution in [-0.2, 0) is 4.74 Å². The maximum atomic E-state index is 11.7. The van der Waals surface area contributed by atoms with Crippen molar-refractivity contribution in [2.45, 2.75) is 24.3 Å². The second-order valence-electron chi connectivity index (χ2n) is 2.54. The average molecular weight is 266 g/mol. The number of hydrogen-bond donors (Lipinski definition) is 1. The van der Waals surface area contributed by atoms with E-state index in [1.165, 1.54) is 0 Å². The standard InChI is InChI=1S/C5H3F9O2/c6-2(7,8)1-16-3(15,4(9,10)11)5(12,13)14/h15H,1H2. The Hall–Kier alpha value is -0.710. The normalized spacial score (nSPS) is 15.4. The lowest BCUT2D eigenvalue weighted by Crippen LogP contribution is -2.59. The molecular weight excluding hydrogens is 263 g/mol. The Balaban J connectivity index is 5.00. The molecular formula is C5H3F9O2. The molecule has 0 radical (unpaired) electrons. The maximum absolute atomic E-state index is 11.7. The van der Waals surface area contributed by atoms with Crippen LogP contribution < -0.4 is 0 Å². The second kappa shape index (κ2) is 3.95. The predicted octanol–water partition coefficient (Wildman–Crippen LogP) is 2.38. The van der Waals surface area contributed by atoms with Crippen molar-refractivity contribution in [2.24, 2.45) is 0 Å². The number of alkyl halides is 9. The van der Waals surface area contributed by atoms with E-state index < -0.39 is 30.9 Å². The van der Waals surface area contributed by atoms with Gasteiger partial charge in [-0.15, -0.1) is 0 Å². The van der Waals surface area contributed by atoms with E-state index in [9.17, 15) is 39.5 Å². The van der Waals surface area contributed by atoms with Gasteiger partial charge in [-0.1, -0.05) is 0 Å². The topological polar surface area (TPSA) is 29.5 Å². The van der Waals surface area contributed by atoms with Crippen LogP contribution in [-0.4, -0.2) is 36.0 Å². The molecule has 0 bridgehead atoms. The molecule has 0 aliphatic carbocycles. The molecule has 0 heterocycles. The zero-order chi connectivity index (χ0) is 13.4. The fourth-order valence-electron chi connectivity index (χ4n) is 0.511. The highest BCUT2D eigenvalue weighted by molar-refractivity contribution is 4.85.